The Bertz CT molecular complexity index is 906. The molecule has 0 aromatic heterocycles. The van der Waals surface area contributed by atoms with Crippen molar-refractivity contribution < 1.29 is 23.1 Å². The van der Waals surface area contributed by atoms with E-state index in [-0.39, 0.29) is 29.0 Å². The number of hydrogen-bond acceptors (Lipinski definition) is 4. The Kier molecular flexibility index (Phi) is 6.70. The first-order valence-corrected chi connectivity index (χ1v) is 9.94. The van der Waals surface area contributed by atoms with Crippen molar-refractivity contribution in [1.82, 2.24) is 10.0 Å². The Labute approximate surface area is 158 Å². The van der Waals surface area contributed by atoms with Crippen molar-refractivity contribution in [3.63, 3.8) is 0 Å². The molecule has 0 heterocycles. The molecule has 1 atom stereocenters. The van der Waals surface area contributed by atoms with Crippen LogP contribution in [0.4, 0.5) is 0 Å². The number of amides is 1. The van der Waals surface area contributed by atoms with Crippen LogP contribution in [0.1, 0.15) is 46.5 Å². The Morgan fingerprint density at radius 1 is 1.00 bits per heavy atom. The summed E-state index contributed by atoms with van der Waals surface area (Å²) < 4.78 is 27.0. The molecule has 144 valence electrons. The molecule has 2 rings (SSSR count). The number of carbonyl (C=O) groups excluding carboxylic acids is 1. The van der Waals surface area contributed by atoms with Crippen LogP contribution in [0.5, 0.6) is 0 Å². The van der Waals surface area contributed by atoms with Gasteiger partial charge in [-0.2, -0.15) is 0 Å². The quantitative estimate of drug-likeness (QED) is 0.641. The molecular formula is C19H22N2O5S. The number of hydrogen-bond donors (Lipinski definition) is 3. The molecule has 8 heteroatoms. The zero-order valence-electron chi connectivity index (χ0n) is 15.1. The van der Waals surface area contributed by atoms with Crippen molar-refractivity contribution in [3.8, 4) is 0 Å². The molecule has 27 heavy (non-hydrogen) atoms. The minimum atomic E-state index is -3.61. The van der Waals surface area contributed by atoms with Crippen molar-refractivity contribution in [2.45, 2.75) is 37.8 Å². The highest BCUT2D eigenvalue weighted by atomic mass is 32.2. The second-order valence-corrected chi connectivity index (χ2v) is 7.85. The van der Waals surface area contributed by atoms with Gasteiger partial charge < -0.3 is 10.4 Å². The number of sulfonamides is 1. The molecule has 0 spiro atoms. The van der Waals surface area contributed by atoms with Gasteiger partial charge in [0.1, 0.15) is 0 Å². The first-order valence-electron chi connectivity index (χ1n) is 8.45. The van der Waals surface area contributed by atoms with Gasteiger partial charge in [0.2, 0.25) is 10.0 Å². The first-order chi connectivity index (χ1) is 12.7. The van der Waals surface area contributed by atoms with E-state index in [2.05, 4.69) is 10.0 Å². The minimum absolute atomic E-state index is 0.101. The van der Waals surface area contributed by atoms with E-state index >= 15 is 0 Å². The van der Waals surface area contributed by atoms with Crippen LogP contribution >= 0.6 is 0 Å². The lowest BCUT2D eigenvalue weighted by atomic mass is 10.1. The predicted octanol–water partition coefficient (Wildman–Crippen LogP) is 2.39. The SMILES string of the molecule is CCC(C)NS(=O)(=O)c1ccc(C(=O)NCc2ccc(C(=O)O)cc2)cc1. The fourth-order valence-electron chi connectivity index (χ4n) is 2.25. The molecule has 0 fully saturated rings. The molecule has 3 N–H and O–H groups in total. The van der Waals surface area contributed by atoms with Gasteiger partial charge in [-0.25, -0.2) is 17.9 Å². The number of rotatable bonds is 8. The number of carbonyl (C=O) groups is 2. The summed E-state index contributed by atoms with van der Waals surface area (Å²) in [5, 5.41) is 11.6. The third kappa shape index (κ3) is 5.63. The summed E-state index contributed by atoms with van der Waals surface area (Å²) in [6, 6.07) is 11.7. The normalized spacial score (nSPS) is 12.4. The minimum Gasteiger partial charge on any atom is -0.478 e. The Hall–Kier alpha value is -2.71. The molecular weight excluding hydrogens is 368 g/mol. The monoisotopic (exact) mass is 390 g/mol. The highest BCUT2D eigenvalue weighted by Gasteiger charge is 2.17. The van der Waals surface area contributed by atoms with Crippen LogP contribution < -0.4 is 10.0 Å². The van der Waals surface area contributed by atoms with Gasteiger partial charge in [0, 0.05) is 18.2 Å². The summed E-state index contributed by atoms with van der Waals surface area (Å²) in [5.74, 6) is -1.36. The highest BCUT2D eigenvalue weighted by molar-refractivity contribution is 7.89. The van der Waals surface area contributed by atoms with Crippen LogP contribution in [-0.2, 0) is 16.6 Å². The van der Waals surface area contributed by atoms with Crippen LogP contribution in [0.2, 0.25) is 0 Å². The third-order valence-corrected chi connectivity index (χ3v) is 5.65. The average Bonchev–Trinajstić information content (AvgIpc) is 2.66. The van der Waals surface area contributed by atoms with E-state index in [0.717, 1.165) is 5.56 Å². The second-order valence-electron chi connectivity index (χ2n) is 6.14. The smallest absolute Gasteiger partial charge is 0.335 e. The summed E-state index contributed by atoms with van der Waals surface area (Å²) in [6.45, 7) is 3.90. The Balaban J connectivity index is 2.00. The van der Waals surface area contributed by atoms with Crippen molar-refractivity contribution in [2.24, 2.45) is 0 Å². The third-order valence-electron chi connectivity index (χ3n) is 4.05. The molecule has 0 saturated carbocycles. The number of carboxylic acid groups (broad SMARTS) is 1. The van der Waals surface area contributed by atoms with Crippen molar-refractivity contribution >= 4 is 21.9 Å². The first kappa shape index (κ1) is 20.6. The molecule has 2 aromatic rings. The van der Waals surface area contributed by atoms with E-state index < -0.39 is 16.0 Å². The summed E-state index contributed by atoms with van der Waals surface area (Å²) in [7, 11) is -3.61. The fourth-order valence-corrected chi connectivity index (χ4v) is 3.58. The van der Waals surface area contributed by atoms with Gasteiger partial charge >= 0.3 is 5.97 Å². The van der Waals surface area contributed by atoms with E-state index in [9.17, 15) is 18.0 Å². The number of benzene rings is 2. The maximum atomic E-state index is 12.2. The van der Waals surface area contributed by atoms with E-state index in [1.807, 2.05) is 6.92 Å². The Morgan fingerprint density at radius 3 is 2.07 bits per heavy atom. The summed E-state index contributed by atoms with van der Waals surface area (Å²) in [4.78, 5) is 23.1. The van der Waals surface area contributed by atoms with Gasteiger partial charge in [0.05, 0.1) is 10.5 Å². The zero-order chi connectivity index (χ0) is 20.0. The largest absolute Gasteiger partial charge is 0.478 e. The number of aromatic carboxylic acids is 1. The van der Waals surface area contributed by atoms with Crippen LogP contribution in [0.3, 0.4) is 0 Å². The maximum absolute atomic E-state index is 12.2. The lowest BCUT2D eigenvalue weighted by Crippen LogP contribution is -2.32. The Morgan fingerprint density at radius 2 is 1.56 bits per heavy atom. The molecule has 7 nitrogen and oxygen atoms in total. The van der Waals surface area contributed by atoms with Gasteiger partial charge in [-0.15, -0.1) is 0 Å². The zero-order valence-corrected chi connectivity index (χ0v) is 15.9. The molecule has 0 bridgehead atoms. The topological polar surface area (TPSA) is 113 Å². The predicted molar refractivity (Wildman–Crippen MR) is 101 cm³/mol. The molecule has 0 radical (unpaired) electrons. The maximum Gasteiger partial charge on any atom is 0.335 e. The van der Waals surface area contributed by atoms with Crippen LogP contribution in [-0.4, -0.2) is 31.4 Å². The summed E-state index contributed by atoms with van der Waals surface area (Å²) in [6.07, 6.45) is 0.674. The fraction of sp³-hybridized carbons (Fsp3) is 0.263. The molecule has 0 aliphatic heterocycles. The molecule has 1 unspecified atom stereocenters. The molecule has 0 saturated heterocycles. The molecule has 0 aliphatic carbocycles. The molecule has 0 aliphatic rings. The van der Waals surface area contributed by atoms with Crippen molar-refractivity contribution in [1.29, 1.82) is 0 Å². The average molecular weight is 390 g/mol. The lowest BCUT2D eigenvalue weighted by molar-refractivity contribution is 0.0696. The van der Waals surface area contributed by atoms with Gasteiger partial charge in [-0.1, -0.05) is 19.1 Å². The van der Waals surface area contributed by atoms with Gasteiger partial charge in [-0.3, -0.25) is 4.79 Å². The summed E-state index contributed by atoms with van der Waals surface area (Å²) in [5.41, 5.74) is 1.26. The van der Waals surface area contributed by atoms with Crippen molar-refractivity contribution in [2.75, 3.05) is 0 Å². The lowest BCUT2D eigenvalue weighted by Gasteiger charge is -2.12. The van der Waals surface area contributed by atoms with Crippen molar-refractivity contribution in [3.05, 3.63) is 65.2 Å². The van der Waals surface area contributed by atoms with E-state index in [0.29, 0.717) is 12.0 Å². The van der Waals surface area contributed by atoms with Crippen LogP contribution in [0.15, 0.2) is 53.4 Å². The number of nitrogens with one attached hydrogen (secondary N) is 2. The van der Waals surface area contributed by atoms with Crippen LogP contribution in [0, 0.1) is 0 Å². The van der Waals surface area contributed by atoms with Gasteiger partial charge in [-0.05, 0) is 55.3 Å². The van der Waals surface area contributed by atoms with E-state index in [1.165, 1.54) is 36.4 Å². The molecule has 2 aromatic carbocycles. The van der Waals surface area contributed by atoms with Gasteiger partial charge in [0.15, 0.2) is 0 Å². The standard InChI is InChI=1S/C19H22N2O5S/c1-3-13(2)21-27(25,26)17-10-8-15(9-11-17)18(22)20-12-14-4-6-16(7-5-14)19(23)24/h4-11,13,21H,3,12H2,1-2H3,(H,20,22)(H,23,24). The summed E-state index contributed by atoms with van der Waals surface area (Å²) >= 11 is 0. The van der Waals surface area contributed by atoms with E-state index in [1.54, 1.807) is 19.1 Å². The van der Waals surface area contributed by atoms with E-state index in [4.69, 9.17) is 5.11 Å². The highest BCUT2D eigenvalue weighted by Crippen LogP contribution is 2.12. The van der Waals surface area contributed by atoms with Crippen LogP contribution in [0.25, 0.3) is 0 Å². The molecule has 1 amide bonds. The number of carboxylic acids is 1. The van der Waals surface area contributed by atoms with Gasteiger partial charge in [0.25, 0.3) is 5.91 Å². The second kappa shape index (κ2) is 8.79.